The minimum atomic E-state index is 0.376. The summed E-state index contributed by atoms with van der Waals surface area (Å²) in [7, 11) is 3.20. The summed E-state index contributed by atoms with van der Waals surface area (Å²) in [6, 6.07) is 13.2. The molecule has 0 N–H and O–H groups in total. The second-order valence-electron chi connectivity index (χ2n) is 4.60. The van der Waals surface area contributed by atoms with Crippen LogP contribution in [-0.2, 0) is 6.61 Å². The predicted octanol–water partition coefficient (Wildman–Crippen LogP) is 3.46. The Labute approximate surface area is 124 Å². The lowest BCUT2D eigenvalue weighted by molar-refractivity contribution is 0.265. The Bertz CT molecular complexity index is 632. The molecule has 0 fully saturated rings. The summed E-state index contributed by atoms with van der Waals surface area (Å²) in [6.07, 6.45) is 0. The lowest BCUT2D eigenvalue weighted by Crippen LogP contribution is -2.00. The average Bonchev–Trinajstić information content (AvgIpc) is 2.53. The maximum atomic E-state index is 8.78. The lowest BCUT2D eigenvalue weighted by atomic mass is 10.1. The van der Waals surface area contributed by atoms with Gasteiger partial charge >= 0.3 is 0 Å². The molecule has 108 valence electrons. The van der Waals surface area contributed by atoms with Crippen molar-refractivity contribution in [2.24, 2.45) is 0 Å². The van der Waals surface area contributed by atoms with E-state index in [9.17, 15) is 0 Å². The second kappa shape index (κ2) is 6.67. The highest BCUT2D eigenvalue weighted by molar-refractivity contribution is 5.53. The smallest absolute Gasteiger partial charge is 0.203 e. The van der Waals surface area contributed by atoms with Gasteiger partial charge in [0.25, 0.3) is 0 Å². The molecule has 4 heteroatoms. The van der Waals surface area contributed by atoms with Crippen molar-refractivity contribution in [3.8, 4) is 23.3 Å². The van der Waals surface area contributed by atoms with E-state index in [1.807, 2.05) is 31.2 Å². The third-order valence-electron chi connectivity index (χ3n) is 3.07. The summed E-state index contributed by atoms with van der Waals surface area (Å²) in [5, 5.41) is 8.78. The fourth-order valence-corrected chi connectivity index (χ4v) is 1.98. The van der Waals surface area contributed by atoms with E-state index in [0.29, 0.717) is 29.4 Å². The molecule has 0 amide bonds. The zero-order valence-corrected chi connectivity index (χ0v) is 12.3. The van der Waals surface area contributed by atoms with Crippen molar-refractivity contribution < 1.29 is 14.2 Å². The number of hydrogen-bond donors (Lipinski definition) is 0. The first-order valence-electron chi connectivity index (χ1n) is 6.52. The monoisotopic (exact) mass is 283 g/mol. The quantitative estimate of drug-likeness (QED) is 0.843. The zero-order valence-electron chi connectivity index (χ0n) is 12.3. The van der Waals surface area contributed by atoms with Crippen LogP contribution in [0.1, 0.15) is 16.7 Å². The van der Waals surface area contributed by atoms with Crippen LogP contribution in [0.2, 0.25) is 0 Å². The molecule has 0 atom stereocenters. The molecule has 0 saturated carbocycles. The molecule has 0 unspecified atom stereocenters. The average molecular weight is 283 g/mol. The Balaban J connectivity index is 2.20. The predicted molar refractivity (Wildman–Crippen MR) is 79.8 cm³/mol. The normalized spacial score (nSPS) is 9.81. The maximum Gasteiger partial charge on any atom is 0.203 e. The minimum Gasteiger partial charge on any atom is -0.493 e. The number of nitrogens with zero attached hydrogens (tertiary/aromatic N) is 1. The lowest BCUT2D eigenvalue weighted by Gasteiger charge is -2.15. The van der Waals surface area contributed by atoms with E-state index in [0.717, 1.165) is 11.1 Å². The summed E-state index contributed by atoms with van der Waals surface area (Å²) < 4.78 is 16.5. The third-order valence-corrected chi connectivity index (χ3v) is 3.07. The Kier molecular flexibility index (Phi) is 4.68. The van der Waals surface area contributed by atoms with Gasteiger partial charge in [0.05, 0.1) is 25.9 Å². The summed E-state index contributed by atoms with van der Waals surface area (Å²) in [4.78, 5) is 0. The largest absolute Gasteiger partial charge is 0.493 e. The van der Waals surface area contributed by atoms with Gasteiger partial charge < -0.3 is 14.2 Å². The molecule has 21 heavy (non-hydrogen) atoms. The number of aryl methyl sites for hydroxylation is 1. The van der Waals surface area contributed by atoms with Crippen LogP contribution in [0.25, 0.3) is 0 Å². The van der Waals surface area contributed by atoms with Gasteiger partial charge in [0.1, 0.15) is 6.61 Å². The number of ether oxygens (including phenoxy) is 3. The molecule has 4 nitrogen and oxygen atoms in total. The van der Waals surface area contributed by atoms with Crippen LogP contribution in [0.5, 0.6) is 17.2 Å². The molecule has 2 aromatic rings. The topological polar surface area (TPSA) is 51.5 Å². The molecular weight excluding hydrogens is 266 g/mol. The van der Waals surface area contributed by atoms with E-state index >= 15 is 0 Å². The van der Waals surface area contributed by atoms with E-state index in [1.165, 1.54) is 0 Å². The van der Waals surface area contributed by atoms with Crippen LogP contribution in [-0.4, -0.2) is 14.2 Å². The van der Waals surface area contributed by atoms with Gasteiger partial charge in [-0.05, 0) is 42.3 Å². The molecule has 0 radical (unpaired) electrons. The van der Waals surface area contributed by atoms with Gasteiger partial charge in [-0.25, -0.2) is 0 Å². The molecule has 0 spiro atoms. The van der Waals surface area contributed by atoms with Gasteiger partial charge in [0.2, 0.25) is 5.75 Å². The first kappa shape index (κ1) is 14.7. The van der Waals surface area contributed by atoms with Crippen LogP contribution in [0.4, 0.5) is 0 Å². The van der Waals surface area contributed by atoms with Crippen LogP contribution in [0, 0.1) is 18.3 Å². The van der Waals surface area contributed by atoms with Gasteiger partial charge in [0, 0.05) is 0 Å². The highest BCUT2D eigenvalue weighted by atomic mass is 16.5. The van der Waals surface area contributed by atoms with Crippen LogP contribution in [0.3, 0.4) is 0 Å². The first-order chi connectivity index (χ1) is 10.2. The summed E-state index contributed by atoms with van der Waals surface area (Å²) in [6.45, 7) is 2.34. The Hall–Kier alpha value is -2.67. The number of methoxy groups -OCH3 is 2. The summed E-state index contributed by atoms with van der Waals surface area (Å²) in [5.41, 5.74) is 2.64. The van der Waals surface area contributed by atoms with Crippen molar-refractivity contribution in [2.75, 3.05) is 14.2 Å². The SMILES string of the molecule is COc1cc(C)cc(OC)c1OCc1ccc(C#N)cc1. The van der Waals surface area contributed by atoms with E-state index in [2.05, 4.69) is 6.07 Å². The number of nitriles is 1. The molecule has 2 aromatic carbocycles. The number of benzene rings is 2. The van der Waals surface area contributed by atoms with Crippen molar-refractivity contribution in [1.82, 2.24) is 0 Å². The fraction of sp³-hybridized carbons (Fsp3) is 0.235. The van der Waals surface area contributed by atoms with Gasteiger partial charge in [-0.3, -0.25) is 0 Å². The van der Waals surface area contributed by atoms with Crippen molar-refractivity contribution in [3.05, 3.63) is 53.1 Å². The van der Waals surface area contributed by atoms with Gasteiger partial charge in [-0.15, -0.1) is 0 Å². The number of rotatable bonds is 5. The van der Waals surface area contributed by atoms with Crippen molar-refractivity contribution >= 4 is 0 Å². The standard InChI is InChI=1S/C17H17NO3/c1-12-8-15(19-2)17(16(9-12)20-3)21-11-14-6-4-13(10-18)5-7-14/h4-9H,11H2,1-3H3. The summed E-state index contributed by atoms with van der Waals surface area (Å²) in [5.74, 6) is 1.86. The molecule has 0 aromatic heterocycles. The molecular formula is C17H17NO3. The molecule has 0 aliphatic rings. The van der Waals surface area contributed by atoms with Crippen molar-refractivity contribution in [1.29, 1.82) is 5.26 Å². The Morgan fingerprint density at radius 1 is 1.00 bits per heavy atom. The molecule has 2 rings (SSSR count). The Morgan fingerprint density at radius 2 is 1.57 bits per heavy atom. The third kappa shape index (κ3) is 3.46. The van der Waals surface area contributed by atoms with Crippen molar-refractivity contribution in [3.63, 3.8) is 0 Å². The van der Waals surface area contributed by atoms with Crippen LogP contribution < -0.4 is 14.2 Å². The summed E-state index contributed by atoms with van der Waals surface area (Å²) >= 11 is 0. The molecule has 0 bridgehead atoms. The highest BCUT2D eigenvalue weighted by Crippen LogP contribution is 2.38. The minimum absolute atomic E-state index is 0.376. The van der Waals surface area contributed by atoms with E-state index in [-0.39, 0.29) is 0 Å². The van der Waals surface area contributed by atoms with E-state index < -0.39 is 0 Å². The van der Waals surface area contributed by atoms with Crippen molar-refractivity contribution in [2.45, 2.75) is 13.5 Å². The van der Waals surface area contributed by atoms with Gasteiger partial charge in [-0.1, -0.05) is 12.1 Å². The Morgan fingerprint density at radius 3 is 2.05 bits per heavy atom. The van der Waals surface area contributed by atoms with Gasteiger partial charge in [0.15, 0.2) is 11.5 Å². The molecule has 0 heterocycles. The van der Waals surface area contributed by atoms with E-state index in [4.69, 9.17) is 19.5 Å². The zero-order chi connectivity index (χ0) is 15.2. The van der Waals surface area contributed by atoms with Gasteiger partial charge in [-0.2, -0.15) is 5.26 Å². The molecule has 0 aliphatic heterocycles. The maximum absolute atomic E-state index is 8.78. The van der Waals surface area contributed by atoms with Crippen LogP contribution >= 0.6 is 0 Å². The van der Waals surface area contributed by atoms with E-state index in [1.54, 1.807) is 26.4 Å². The molecule has 0 aliphatic carbocycles. The first-order valence-corrected chi connectivity index (χ1v) is 6.52. The number of hydrogen-bond acceptors (Lipinski definition) is 4. The highest BCUT2D eigenvalue weighted by Gasteiger charge is 2.13. The van der Waals surface area contributed by atoms with Crippen LogP contribution in [0.15, 0.2) is 36.4 Å². The fourth-order valence-electron chi connectivity index (χ4n) is 1.98. The second-order valence-corrected chi connectivity index (χ2v) is 4.60. The molecule has 0 saturated heterocycles.